The van der Waals surface area contributed by atoms with Crippen molar-refractivity contribution in [1.29, 1.82) is 0 Å². The van der Waals surface area contributed by atoms with E-state index in [0.29, 0.717) is 0 Å². The molecule has 3 nitrogen and oxygen atoms in total. The number of hydrogen-bond acceptors (Lipinski definition) is 3. The van der Waals surface area contributed by atoms with Crippen LogP contribution in [0.1, 0.15) is 12.5 Å². The molecule has 0 bridgehead atoms. The fourth-order valence-electron chi connectivity index (χ4n) is 2.48. The molecule has 1 saturated heterocycles. The Labute approximate surface area is 104 Å². The summed E-state index contributed by atoms with van der Waals surface area (Å²) in [7, 11) is 1.78. The molecule has 0 amide bonds. The van der Waals surface area contributed by atoms with Gasteiger partial charge in [0.2, 0.25) is 0 Å². The summed E-state index contributed by atoms with van der Waals surface area (Å²) in [5, 5.41) is 3.45. The van der Waals surface area contributed by atoms with Gasteiger partial charge >= 0.3 is 0 Å². The van der Waals surface area contributed by atoms with E-state index < -0.39 is 0 Å². The first-order valence-electron chi connectivity index (χ1n) is 6.23. The summed E-state index contributed by atoms with van der Waals surface area (Å²) in [5.41, 5.74) is 1.47. The van der Waals surface area contributed by atoms with Gasteiger partial charge in [-0.25, -0.2) is 0 Å². The smallest absolute Gasteiger partial charge is 0.0656 e. The standard InChI is InChI=1S/C14H22N2O/c1-14(12-17-2)11-15-8-9-16(14)10-13-6-4-3-5-7-13/h3-7,15H,8-12H2,1-2H3/t14-/m0/s1. The van der Waals surface area contributed by atoms with Crippen molar-refractivity contribution >= 4 is 0 Å². The molecule has 1 aliphatic rings. The molecule has 94 valence electrons. The molecule has 1 aromatic rings. The Kier molecular flexibility index (Phi) is 4.15. The summed E-state index contributed by atoms with van der Waals surface area (Å²) >= 11 is 0. The maximum atomic E-state index is 5.37. The summed E-state index contributed by atoms with van der Waals surface area (Å²) in [5.74, 6) is 0. The second kappa shape index (κ2) is 5.63. The molecule has 1 heterocycles. The van der Waals surface area contributed by atoms with Crippen molar-refractivity contribution in [1.82, 2.24) is 10.2 Å². The number of methoxy groups -OCH3 is 1. The van der Waals surface area contributed by atoms with Crippen LogP contribution < -0.4 is 5.32 Å². The third kappa shape index (κ3) is 3.06. The van der Waals surface area contributed by atoms with Gasteiger partial charge in [-0.2, -0.15) is 0 Å². The maximum Gasteiger partial charge on any atom is 0.0656 e. The van der Waals surface area contributed by atoms with Gasteiger partial charge in [0.05, 0.1) is 12.1 Å². The SMILES string of the molecule is COC[C@]1(C)CNCCN1Cc1ccccc1. The molecule has 1 N–H and O–H groups in total. The van der Waals surface area contributed by atoms with Gasteiger partial charge in [-0.1, -0.05) is 30.3 Å². The highest BCUT2D eigenvalue weighted by atomic mass is 16.5. The molecule has 17 heavy (non-hydrogen) atoms. The number of hydrogen-bond donors (Lipinski definition) is 1. The Morgan fingerprint density at radius 3 is 2.82 bits per heavy atom. The molecule has 1 fully saturated rings. The van der Waals surface area contributed by atoms with Crippen molar-refractivity contribution < 1.29 is 4.74 Å². The molecule has 3 heteroatoms. The normalized spacial score (nSPS) is 26.0. The van der Waals surface area contributed by atoms with Crippen LogP contribution in [0.3, 0.4) is 0 Å². The molecular formula is C14H22N2O. The quantitative estimate of drug-likeness (QED) is 0.854. The van der Waals surface area contributed by atoms with Crippen LogP contribution in [0.4, 0.5) is 0 Å². The summed E-state index contributed by atoms with van der Waals surface area (Å²) < 4.78 is 5.37. The van der Waals surface area contributed by atoms with E-state index in [9.17, 15) is 0 Å². The second-order valence-electron chi connectivity index (χ2n) is 5.01. The van der Waals surface area contributed by atoms with Crippen molar-refractivity contribution in [3.63, 3.8) is 0 Å². The molecule has 1 aromatic carbocycles. The second-order valence-corrected chi connectivity index (χ2v) is 5.01. The van der Waals surface area contributed by atoms with Crippen LogP contribution in [0.25, 0.3) is 0 Å². The summed E-state index contributed by atoms with van der Waals surface area (Å²) in [4.78, 5) is 2.52. The Morgan fingerprint density at radius 1 is 1.35 bits per heavy atom. The van der Waals surface area contributed by atoms with E-state index in [-0.39, 0.29) is 5.54 Å². The minimum absolute atomic E-state index is 0.100. The van der Waals surface area contributed by atoms with Crippen LogP contribution in [-0.2, 0) is 11.3 Å². The third-order valence-corrected chi connectivity index (χ3v) is 3.50. The third-order valence-electron chi connectivity index (χ3n) is 3.50. The van der Waals surface area contributed by atoms with Crippen molar-refractivity contribution in [3.8, 4) is 0 Å². The van der Waals surface area contributed by atoms with E-state index in [0.717, 1.165) is 32.8 Å². The molecule has 1 atom stereocenters. The van der Waals surface area contributed by atoms with E-state index in [1.807, 2.05) is 0 Å². The predicted molar refractivity (Wildman–Crippen MR) is 70.0 cm³/mol. The highest BCUT2D eigenvalue weighted by Gasteiger charge is 2.34. The highest BCUT2D eigenvalue weighted by Crippen LogP contribution is 2.20. The first-order chi connectivity index (χ1) is 8.24. The Bertz CT molecular complexity index is 337. The molecular weight excluding hydrogens is 212 g/mol. The van der Waals surface area contributed by atoms with Gasteiger partial charge in [0, 0.05) is 33.3 Å². The first-order valence-corrected chi connectivity index (χ1v) is 6.23. The van der Waals surface area contributed by atoms with Crippen molar-refractivity contribution in [3.05, 3.63) is 35.9 Å². The molecule has 0 radical (unpaired) electrons. The highest BCUT2D eigenvalue weighted by molar-refractivity contribution is 5.15. The van der Waals surface area contributed by atoms with Crippen molar-refractivity contribution in [2.24, 2.45) is 0 Å². The fraction of sp³-hybridized carbons (Fsp3) is 0.571. The Hall–Kier alpha value is -0.900. The molecule has 0 aromatic heterocycles. The zero-order valence-electron chi connectivity index (χ0n) is 10.8. The zero-order valence-corrected chi connectivity index (χ0v) is 10.8. The summed E-state index contributed by atoms with van der Waals surface area (Å²) in [6.45, 7) is 7.18. The lowest BCUT2D eigenvalue weighted by Gasteiger charge is -2.44. The van der Waals surface area contributed by atoms with Crippen LogP contribution in [0.2, 0.25) is 0 Å². The zero-order chi connectivity index (χ0) is 12.1. The van der Waals surface area contributed by atoms with Gasteiger partial charge in [-0.3, -0.25) is 4.90 Å². The largest absolute Gasteiger partial charge is 0.383 e. The number of piperazine rings is 1. The minimum atomic E-state index is 0.100. The Morgan fingerprint density at radius 2 is 2.12 bits per heavy atom. The van der Waals surface area contributed by atoms with Gasteiger partial charge in [0.15, 0.2) is 0 Å². The molecule has 1 aliphatic heterocycles. The lowest BCUT2D eigenvalue weighted by atomic mass is 9.97. The average Bonchev–Trinajstić information content (AvgIpc) is 2.34. The van der Waals surface area contributed by atoms with E-state index in [1.165, 1.54) is 5.56 Å². The lowest BCUT2D eigenvalue weighted by Crippen LogP contribution is -2.61. The van der Waals surface area contributed by atoms with Gasteiger partial charge < -0.3 is 10.1 Å². The molecule has 2 rings (SSSR count). The van der Waals surface area contributed by atoms with Crippen LogP contribution in [0.5, 0.6) is 0 Å². The van der Waals surface area contributed by atoms with Crippen LogP contribution in [0.15, 0.2) is 30.3 Å². The van der Waals surface area contributed by atoms with Gasteiger partial charge in [0.25, 0.3) is 0 Å². The molecule has 0 unspecified atom stereocenters. The minimum Gasteiger partial charge on any atom is -0.383 e. The van der Waals surface area contributed by atoms with E-state index in [4.69, 9.17) is 4.74 Å². The van der Waals surface area contributed by atoms with Crippen molar-refractivity contribution in [2.45, 2.75) is 19.0 Å². The molecule has 0 aliphatic carbocycles. The van der Waals surface area contributed by atoms with E-state index >= 15 is 0 Å². The number of ether oxygens (including phenoxy) is 1. The predicted octanol–water partition coefficient (Wildman–Crippen LogP) is 1.50. The van der Waals surface area contributed by atoms with E-state index in [2.05, 4.69) is 47.5 Å². The monoisotopic (exact) mass is 234 g/mol. The first kappa shape index (κ1) is 12.6. The topological polar surface area (TPSA) is 24.5 Å². The summed E-state index contributed by atoms with van der Waals surface area (Å²) in [6, 6.07) is 10.6. The fourth-order valence-corrected chi connectivity index (χ4v) is 2.48. The summed E-state index contributed by atoms with van der Waals surface area (Å²) in [6.07, 6.45) is 0. The molecule has 0 saturated carbocycles. The number of nitrogens with zero attached hydrogens (tertiary/aromatic N) is 1. The number of rotatable bonds is 4. The van der Waals surface area contributed by atoms with Crippen LogP contribution in [-0.4, -0.2) is 43.8 Å². The average molecular weight is 234 g/mol. The Balaban J connectivity index is 2.06. The van der Waals surface area contributed by atoms with Gasteiger partial charge in [-0.05, 0) is 12.5 Å². The van der Waals surface area contributed by atoms with E-state index in [1.54, 1.807) is 7.11 Å². The molecule has 0 spiro atoms. The van der Waals surface area contributed by atoms with Crippen LogP contribution in [0, 0.1) is 0 Å². The lowest BCUT2D eigenvalue weighted by molar-refractivity contribution is 0.0000661. The van der Waals surface area contributed by atoms with Gasteiger partial charge in [-0.15, -0.1) is 0 Å². The maximum absolute atomic E-state index is 5.37. The van der Waals surface area contributed by atoms with Crippen LogP contribution >= 0.6 is 0 Å². The van der Waals surface area contributed by atoms with Crippen molar-refractivity contribution in [2.75, 3.05) is 33.4 Å². The number of benzene rings is 1. The number of nitrogens with one attached hydrogen (secondary N) is 1. The van der Waals surface area contributed by atoms with Gasteiger partial charge in [0.1, 0.15) is 0 Å².